The summed E-state index contributed by atoms with van der Waals surface area (Å²) in [5, 5.41) is 9.79. The van der Waals surface area contributed by atoms with Gasteiger partial charge in [0.05, 0.1) is 12.1 Å². The molecular formula is C16H25N5O2. The fraction of sp³-hybridized carbons (Fsp3) is 0.688. The zero-order chi connectivity index (χ0) is 16.2. The second kappa shape index (κ2) is 7.23. The van der Waals surface area contributed by atoms with Crippen LogP contribution in [0.5, 0.6) is 0 Å². The molecule has 1 amide bonds. The van der Waals surface area contributed by atoms with Gasteiger partial charge < -0.3 is 14.9 Å². The summed E-state index contributed by atoms with van der Waals surface area (Å²) in [7, 11) is 0. The van der Waals surface area contributed by atoms with Crippen LogP contribution in [0.25, 0.3) is 0 Å². The smallest absolute Gasteiger partial charge is 0.239 e. The van der Waals surface area contributed by atoms with Crippen LogP contribution in [0.2, 0.25) is 0 Å². The minimum atomic E-state index is -0.300. The van der Waals surface area contributed by atoms with Crippen molar-refractivity contribution in [2.24, 2.45) is 0 Å². The van der Waals surface area contributed by atoms with Gasteiger partial charge in [0.25, 0.3) is 0 Å². The van der Waals surface area contributed by atoms with Crippen LogP contribution in [-0.2, 0) is 4.79 Å². The van der Waals surface area contributed by atoms with Crippen molar-refractivity contribution in [2.45, 2.75) is 31.9 Å². The third-order valence-corrected chi connectivity index (χ3v) is 4.76. The number of rotatable bonds is 3. The molecule has 0 saturated carbocycles. The maximum Gasteiger partial charge on any atom is 0.239 e. The van der Waals surface area contributed by atoms with E-state index in [0.717, 1.165) is 38.4 Å². The molecular weight excluding hydrogens is 294 g/mol. The molecule has 7 heteroatoms. The molecule has 0 spiro atoms. The Morgan fingerprint density at radius 1 is 1.22 bits per heavy atom. The number of aliphatic hydroxyl groups is 1. The lowest BCUT2D eigenvalue weighted by atomic mass is 10.1. The summed E-state index contributed by atoms with van der Waals surface area (Å²) in [5.41, 5.74) is 0. The van der Waals surface area contributed by atoms with E-state index >= 15 is 0 Å². The third-order valence-electron chi connectivity index (χ3n) is 4.76. The van der Waals surface area contributed by atoms with Gasteiger partial charge in [0.15, 0.2) is 0 Å². The topological polar surface area (TPSA) is 72.8 Å². The highest BCUT2D eigenvalue weighted by molar-refractivity contribution is 5.81. The predicted molar refractivity (Wildman–Crippen MR) is 87.1 cm³/mol. The molecule has 2 atom stereocenters. The number of β-amino-alcohol motifs (C(OH)–C–C–N with tert-alkyl or cyclic N) is 1. The van der Waals surface area contributed by atoms with E-state index in [0.29, 0.717) is 19.6 Å². The standard InChI is InChI=1S/C16H25N5O2/c1-13(21-7-2-4-14(22)12-21)15(23)19-8-10-20(11-9-19)16-17-5-3-6-18-16/h3,5-6,13-14,22H,2,4,7-12H2,1H3. The van der Waals surface area contributed by atoms with E-state index in [9.17, 15) is 9.90 Å². The zero-order valence-electron chi connectivity index (χ0n) is 13.6. The third kappa shape index (κ3) is 3.79. The van der Waals surface area contributed by atoms with Crippen molar-refractivity contribution in [1.82, 2.24) is 19.8 Å². The van der Waals surface area contributed by atoms with Crippen molar-refractivity contribution < 1.29 is 9.90 Å². The van der Waals surface area contributed by atoms with Crippen LogP contribution in [0.4, 0.5) is 5.95 Å². The molecule has 2 fully saturated rings. The van der Waals surface area contributed by atoms with Crippen molar-refractivity contribution in [3.8, 4) is 0 Å². The molecule has 2 aliphatic rings. The molecule has 126 valence electrons. The zero-order valence-corrected chi connectivity index (χ0v) is 13.6. The quantitative estimate of drug-likeness (QED) is 0.843. The molecule has 0 bridgehead atoms. The van der Waals surface area contributed by atoms with Gasteiger partial charge >= 0.3 is 0 Å². The van der Waals surface area contributed by atoms with Gasteiger partial charge in [-0.15, -0.1) is 0 Å². The molecule has 1 N–H and O–H groups in total. The summed E-state index contributed by atoms with van der Waals surface area (Å²) in [6.07, 6.45) is 4.98. The number of aromatic nitrogens is 2. The Balaban J connectivity index is 1.53. The maximum absolute atomic E-state index is 12.7. The summed E-state index contributed by atoms with van der Waals surface area (Å²) < 4.78 is 0. The van der Waals surface area contributed by atoms with Crippen LogP contribution in [0.3, 0.4) is 0 Å². The van der Waals surface area contributed by atoms with Gasteiger partial charge in [-0.1, -0.05) is 0 Å². The Hall–Kier alpha value is -1.73. The van der Waals surface area contributed by atoms with Crippen LogP contribution in [-0.4, -0.2) is 82.2 Å². The number of likely N-dealkylation sites (tertiary alicyclic amines) is 1. The lowest BCUT2D eigenvalue weighted by molar-refractivity contribution is -0.137. The number of hydrogen-bond acceptors (Lipinski definition) is 6. The highest BCUT2D eigenvalue weighted by atomic mass is 16.3. The Kier molecular flexibility index (Phi) is 5.07. The first kappa shape index (κ1) is 16.1. The molecule has 23 heavy (non-hydrogen) atoms. The van der Waals surface area contributed by atoms with Crippen molar-refractivity contribution in [3.05, 3.63) is 18.5 Å². The van der Waals surface area contributed by atoms with Gasteiger partial charge in [-0.05, 0) is 32.4 Å². The first-order chi connectivity index (χ1) is 11.1. The largest absolute Gasteiger partial charge is 0.392 e. The second-order valence-electron chi connectivity index (χ2n) is 6.33. The lowest BCUT2D eigenvalue weighted by Gasteiger charge is -2.39. The Labute approximate surface area is 136 Å². The van der Waals surface area contributed by atoms with E-state index in [1.165, 1.54) is 0 Å². The van der Waals surface area contributed by atoms with Crippen molar-refractivity contribution in [2.75, 3.05) is 44.2 Å². The fourth-order valence-corrected chi connectivity index (χ4v) is 3.34. The highest BCUT2D eigenvalue weighted by Gasteiger charge is 2.31. The number of aliphatic hydroxyl groups excluding tert-OH is 1. The van der Waals surface area contributed by atoms with E-state index in [2.05, 4.69) is 19.8 Å². The van der Waals surface area contributed by atoms with Crippen LogP contribution in [0, 0.1) is 0 Å². The summed E-state index contributed by atoms with van der Waals surface area (Å²) >= 11 is 0. The Morgan fingerprint density at radius 3 is 2.57 bits per heavy atom. The lowest BCUT2D eigenvalue weighted by Crippen LogP contribution is -2.56. The first-order valence-corrected chi connectivity index (χ1v) is 8.38. The van der Waals surface area contributed by atoms with Gasteiger partial charge in [-0.2, -0.15) is 0 Å². The number of piperazine rings is 1. The minimum Gasteiger partial charge on any atom is -0.392 e. The number of amides is 1. The highest BCUT2D eigenvalue weighted by Crippen LogP contribution is 2.16. The number of piperidine rings is 1. The van der Waals surface area contributed by atoms with Gasteiger partial charge in [0.1, 0.15) is 0 Å². The van der Waals surface area contributed by atoms with Crippen molar-refractivity contribution in [1.29, 1.82) is 0 Å². The summed E-state index contributed by atoms with van der Waals surface area (Å²) in [5.74, 6) is 0.888. The molecule has 1 aromatic heterocycles. The predicted octanol–water partition coefficient (Wildman–Crippen LogP) is -0.0296. The maximum atomic E-state index is 12.7. The van der Waals surface area contributed by atoms with Crippen LogP contribution in [0.1, 0.15) is 19.8 Å². The SMILES string of the molecule is CC(C(=O)N1CCN(c2ncccn2)CC1)N1CCCC(O)C1. The fourth-order valence-electron chi connectivity index (χ4n) is 3.34. The van der Waals surface area contributed by atoms with Crippen LogP contribution < -0.4 is 4.90 Å². The Morgan fingerprint density at radius 2 is 1.91 bits per heavy atom. The number of anilines is 1. The molecule has 1 aromatic rings. The average molecular weight is 319 g/mol. The van der Waals surface area contributed by atoms with Gasteiger partial charge in [-0.3, -0.25) is 9.69 Å². The summed E-state index contributed by atoms with van der Waals surface area (Å²) in [4.78, 5) is 27.4. The van der Waals surface area contributed by atoms with Crippen molar-refractivity contribution >= 4 is 11.9 Å². The molecule has 0 aromatic carbocycles. The molecule has 0 aliphatic carbocycles. The van der Waals surface area contributed by atoms with E-state index < -0.39 is 0 Å². The molecule has 0 radical (unpaired) electrons. The van der Waals surface area contributed by atoms with Gasteiger partial charge in [0, 0.05) is 45.1 Å². The van der Waals surface area contributed by atoms with Gasteiger partial charge in [0.2, 0.25) is 11.9 Å². The normalized spacial score (nSPS) is 24.5. The van der Waals surface area contributed by atoms with E-state index in [4.69, 9.17) is 0 Å². The Bertz CT molecular complexity index is 518. The molecule has 3 rings (SSSR count). The summed E-state index contributed by atoms with van der Waals surface area (Å²) in [6.45, 7) is 6.34. The number of carbonyl (C=O) groups is 1. The monoisotopic (exact) mass is 319 g/mol. The average Bonchev–Trinajstić information content (AvgIpc) is 2.61. The number of hydrogen-bond donors (Lipinski definition) is 1. The van der Waals surface area contributed by atoms with Gasteiger partial charge in [-0.25, -0.2) is 9.97 Å². The number of carbonyl (C=O) groups excluding carboxylic acids is 1. The molecule has 7 nitrogen and oxygen atoms in total. The van der Waals surface area contributed by atoms with E-state index in [1.54, 1.807) is 18.5 Å². The van der Waals surface area contributed by atoms with E-state index in [1.807, 2.05) is 11.8 Å². The summed E-state index contributed by atoms with van der Waals surface area (Å²) in [6, 6.07) is 1.64. The minimum absolute atomic E-state index is 0.160. The van der Waals surface area contributed by atoms with Crippen LogP contribution in [0.15, 0.2) is 18.5 Å². The van der Waals surface area contributed by atoms with Crippen LogP contribution >= 0.6 is 0 Å². The molecule has 2 aliphatic heterocycles. The van der Waals surface area contributed by atoms with Crippen molar-refractivity contribution in [3.63, 3.8) is 0 Å². The number of nitrogens with zero attached hydrogens (tertiary/aromatic N) is 5. The van der Waals surface area contributed by atoms with E-state index in [-0.39, 0.29) is 18.1 Å². The molecule has 3 heterocycles. The molecule has 2 saturated heterocycles. The first-order valence-electron chi connectivity index (χ1n) is 8.38. The molecule has 2 unspecified atom stereocenters. The second-order valence-corrected chi connectivity index (χ2v) is 6.33.